The molecule has 1 aliphatic heterocycles. The number of hydrogen-bond acceptors (Lipinski definition) is 5. The van der Waals surface area contributed by atoms with Crippen LogP contribution in [0.25, 0.3) is 11.3 Å². The van der Waals surface area contributed by atoms with Crippen LogP contribution in [0.4, 0.5) is 4.39 Å². The van der Waals surface area contributed by atoms with Crippen molar-refractivity contribution >= 4 is 11.8 Å². The van der Waals surface area contributed by atoms with Gasteiger partial charge in [-0.15, -0.1) is 0 Å². The van der Waals surface area contributed by atoms with Crippen LogP contribution in [-0.4, -0.2) is 24.5 Å². The number of benzene rings is 2. The molecule has 0 spiro atoms. The van der Waals surface area contributed by atoms with Crippen LogP contribution in [0.1, 0.15) is 10.6 Å². The number of rotatable bonds is 3. The van der Waals surface area contributed by atoms with E-state index in [1.165, 1.54) is 30.3 Å². The largest absolute Gasteiger partial charge is 0.485 e. The molecule has 0 saturated carbocycles. The minimum absolute atomic E-state index is 0.00853. The molecule has 2 N–H and O–H groups in total. The van der Waals surface area contributed by atoms with E-state index in [0.29, 0.717) is 22.8 Å². The molecule has 0 radical (unpaired) electrons. The molecule has 1 atom stereocenters. The second-order valence-corrected chi connectivity index (χ2v) is 5.98. The highest BCUT2D eigenvalue weighted by atomic mass is 19.1. The Hall–Kier alpha value is -3.81. The molecule has 3 aromatic rings. The Balaban J connectivity index is 1.34. The molecular formula is C20H15FN2O5. The molecule has 142 valence electrons. The van der Waals surface area contributed by atoms with E-state index in [-0.39, 0.29) is 18.2 Å². The Morgan fingerprint density at radius 2 is 1.68 bits per heavy atom. The monoisotopic (exact) mass is 382 g/mol. The normalized spacial score (nSPS) is 15.0. The number of carbonyl (C=O) groups excluding carboxylic acids is 2. The summed E-state index contributed by atoms with van der Waals surface area (Å²) in [4.78, 5) is 24.4. The topological polar surface area (TPSA) is 89.8 Å². The molecule has 2 amide bonds. The average molecular weight is 382 g/mol. The molecule has 0 saturated heterocycles. The van der Waals surface area contributed by atoms with Crippen molar-refractivity contribution in [1.29, 1.82) is 0 Å². The van der Waals surface area contributed by atoms with Gasteiger partial charge in [-0.1, -0.05) is 12.1 Å². The van der Waals surface area contributed by atoms with E-state index in [2.05, 4.69) is 10.9 Å². The first-order valence-electron chi connectivity index (χ1n) is 8.44. The maximum Gasteiger partial charge on any atom is 0.305 e. The summed E-state index contributed by atoms with van der Waals surface area (Å²) in [6.07, 6.45) is -0.901. The summed E-state index contributed by atoms with van der Waals surface area (Å²) < 4.78 is 29.5. The van der Waals surface area contributed by atoms with Crippen LogP contribution in [-0.2, 0) is 4.79 Å². The number of carbonyl (C=O) groups is 2. The molecule has 7 nitrogen and oxygen atoms in total. The SMILES string of the molecule is O=C(NNC(=O)C1COc2ccccc2O1)c1ccc(-c2ccc(F)cc2)o1. The number of hydrazine groups is 1. The number of fused-ring (bicyclic) bond motifs is 1. The molecule has 8 heteroatoms. The lowest BCUT2D eigenvalue weighted by atomic mass is 10.2. The Morgan fingerprint density at radius 1 is 0.929 bits per heavy atom. The van der Waals surface area contributed by atoms with E-state index in [4.69, 9.17) is 13.9 Å². The van der Waals surface area contributed by atoms with E-state index < -0.39 is 17.9 Å². The fourth-order valence-corrected chi connectivity index (χ4v) is 2.64. The maximum atomic E-state index is 13.0. The molecule has 4 rings (SSSR count). The van der Waals surface area contributed by atoms with E-state index in [9.17, 15) is 14.0 Å². The van der Waals surface area contributed by atoms with Crippen LogP contribution in [0.5, 0.6) is 11.5 Å². The van der Waals surface area contributed by atoms with Crippen LogP contribution in [0.2, 0.25) is 0 Å². The molecule has 2 heterocycles. The van der Waals surface area contributed by atoms with Gasteiger partial charge in [0.25, 0.3) is 5.91 Å². The van der Waals surface area contributed by atoms with Gasteiger partial charge in [-0.05, 0) is 48.5 Å². The standard InChI is InChI=1S/C20H15FN2O5/c21-13-7-5-12(6-8-13)14-9-10-17(27-14)19(24)22-23-20(25)18-11-26-15-3-1-2-4-16(15)28-18/h1-10,18H,11H2,(H,22,24)(H,23,25). The first-order chi connectivity index (χ1) is 13.6. The van der Waals surface area contributed by atoms with Gasteiger partial charge in [0.2, 0.25) is 6.10 Å². The van der Waals surface area contributed by atoms with Crippen LogP contribution in [0.3, 0.4) is 0 Å². The van der Waals surface area contributed by atoms with Crippen molar-refractivity contribution in [2.24, 2.45) is 0 Å². The number of para-hydroxylation sites is 2. The number of nitrogens with one attached hydrogen (secondary N) is 2. The summed E-state index contributed by atoms with van der Waals surface area (Å²) in [5.41, 5.74) is 5.17. The molecule has 28 heavy (non-hydrogen) atoms. The van der Waals surface area contributed by atoms with Crippen molar-refractivity contribution in [2.45, 2.75) is 6.10 Å². The Bertz CT molecular complexity index is 1020. The summed E-state index contributed by atoms with van der Waals surface area (Å²) in [5, 5.41) is 0. The Labute approximate surface area is 159 Å². The number of amides is 2. The highest BCUT2D eigenvalue weighted by molar-refractivity contribution is 5.94. The molecule has 0 aliphatic carbocycles. The highest BCUT2D eigenvalue weighted by Crippen LogP contribution is 2.30. The number of hydrogen-bond donors (Lipinski definition) is 2. The molecule has 1 unspecified atom stereocenters. The van der Waals surface area contributed by atoms with Crippen LogP contribution in [0, 0.1) is 5.82 Å². The smallest absolute Gasteiger partial charge is 0.305 e. The zero-order chi connectivity index (χ0) is 19.5. The summed E-state index contributed by atoms with van der Waals surface area (Å²) in [6, 6.07) is 15.7. The van der Waals surface area contributed by atoms with Crippen molar-refractivity contribution in [2.75, 3.05) is 6.61 Å². The Kier molecular flexibility index (Phi) is 4.67. The van der Waals surface area contributed by atoms with Gasteiger partial charge in [-0.2, -0.15) is 0 Å². The van der Waals surface area contributed by atoms with Crippen LogP contribution < -0.4 is 20.3 Å². The molecule has 1 aromatic heterocycles. The van der Waals surface area contributed by atoms with Gasteiger partial charge in [0.1, 0.15) is 18.2 Å². The lowest BCUT2D eigenvalue weighted by molar-refractivity contribution is -0.131. The van der Waals surface area contributed by atoms with Crippen LogP contribution >= 0.6 is 0 Å². The minimum Gasteiger partial charge on any atom is -0.485 e. The lowest BCUT2D eigenvalue weighted by Gasteiger charge is -2.25. The number of ether oxygens (including phenoxy) is 2. The lowest BCUT2D eigenvalue weighted by Crippen LogP contribution is -2.50. The van der Waals surface area contributed by atoms with Gasteiger partial charge in [0.15, 0.2) is 17.3 Å². The average Bonchev–Trinajstić information content (AvgIpc) is 3.22. The van der Waals surface area contributed by atoms with Gasteiger partial charge >= 0.3 is 5.91 Å². The Morgan fingerprint density at radius 3 is 2.46 bits per heavy atom. The predicted molar refractivity (Wildman–Crippen MR) is 96.1 cm³/mol. The van der Waals surface area contributed by atoms with Gasteiger partial charge in [-0.25, -0.2) is 4.39 Å². The predicted octanol–water partition coefficient (Wildman–Crippen LogP) is 2.69. The second-order valence-electron chi connectivity index (χ2n) is 5.98. The third-order valence-corrected chi connectivity index (χ3v) is 4.06. The summed E-state index contributed by atoms with van der Waals surface area (Å²) in [5.74, 6) is -0.169. The number of furan rings is 1. The third kappa shape index (κ3) is 3.66. The zero-order valence-corrected chi connectivity index (χ0v) is 14.5. The quantitative estimate of drug-likeness (QED) is 0.680. The maximum absolute atomic E-state index is 13.0. The molecule has 1 aliphatic rings. The van der Waals surface area contributed by atoms with E-state index >= 15 is 0 Å². The second kappa shape index (κ2) is 7.43. The van der Waals surface area contributed by atoms with Crippen molar-refractivity contribution in [1.82, 2.24) is 10.9 Å². The first kappa shape index (κ1) is 17.6. The van der Waals surface area contributed by atoms with Crippen LogP contribution in [0.15, 0.2) is 65.1 Å². The molecular weight excluding hydrogens is 367 g/mol. The molecule has 0 bridgehead atoms. The van der Waals surface area contributed by atoms with Crippen molar-refractivity contribution in [3.05, 3.63) is 72.2 Å². The van der Waals surface area contributed by atoms with Gasteiger partial charge in [0, 0.05) is 5.56 Å². The van der Waals surface area contributed by atoms with E-state index in [1.54, 1.807) is 30.3 Å². The number of halogens is 1. The van der Waals surface area contributed by atoms with E-state index in [0.717, 1.165) is 0 Å². The highest BCUT2D eigenvalue weighted by Gasteiger charge is 2.27. The minimum atomic E-state index is -0.901. The summed E-state index contributed by atoms with van der Waals surface area (Å²) >= 11 is 0. The third-order valence-electron chi connectivity index (χ3n) is 4.06. The molecule has 0 fully saturated rings. The summed E-state index contributed by atoms with van der Waals surface area (Å²) in [6.45, 7) is 0.0220. The first-order valence-corrected chi connectivity index (χ1v) is 8.44. The van der Waals surface area contributed by atoms with Crippen molar-refractivity contribution in [3.8, 4) is 22.8 Å². The molecule has 2 aromatic carbocycles. The van der Waals surface area contributed by atoms with Crippen molar-refractivity contribution < 1.29 is 27.9 Å². The fourth-order valence-electron chi connectivity index (χ4n) is 2.64. The zero-order valence-electron chi connectivity index (χ0n) is 14.5. The van der Waals surface area contributed by atoms with Gasteiger partial charge in [0.05, 0.1) is 0 Å². The van der Waals surface area contributed by atoms with Gasteiger partial charge in [-0.3, -0.25) is 20.4 Å². The van der Waals surface area contributed by atoms with Crippen molar-refractivity contribution in [3.63, 3.8) is 0 Å². The fraction of sp³-hybridized carbons (Fsp3) is 0.100. The van der Waals surface area contributed by atoms with Gasteiger partial charge < -0.3 is 13.9 Å². The van der Waals surface area contributed by atoms with E-state index in [1.807, 2.05) is 0 Å². The summed E-state index contributed by atoms with van der Waals surface area (Å²) in [7, 11) is 0.